The van der Waals surface area contributed by atoms with Crippen molar-refractivity contribution in [3.8, 4) is 0 Å². The van der Waals surface area contributed by atoms with Crippen molar-refractivity contribution in [2.24, 2.45) is 0 Å². The molecule has 0 unspecified atom stereocenters. The van der Waals surface area contributed by atoms with E-state index >= 15 is 0 Å². The molecule has 0 spiro atoms. The van der Waals surface area contributed by atoms with E-state index < -0.39 is 10.0 Å². The minimum Gasteiger partial charge on any atom is -0.355 e. The molecule has 5 nitrogen and oxygen atoms in total. The van der Waals surface area contributed by atoms with Crippen molar-refractivity contribution in [3.63, 3.8) is 0 Å². The second kappa shape index (κ2) is 8.42. The molecule has 2 rings (SSSR count). The van der Waals surface area contributed by atoms with Crippen LogP contribution in [0.4, 0.5) is 0 Å². The van der Waals surface area contributed by atoms with Crippen molar-refractivity contribution in [2.45, 2.75) is 11.3 Å². The Morgan fingerprint density at radius 1 is 1.00 bits per heavy atom. The standard InChI is InChI=1S/C16H17IN2O3S/c17-14-6-8-15(9-7-14)23(21,22)19-12-16(20)18-11-10-13-4-2-1-3-5-13/h1-9,19H,10-12H2,(H,18,20). The zero-order chi connectivity index (χ0) is 16.7. The Morgan fingerprint density at radius 3 is 2.30 bits per heavy atom. The van der Waals surface area contributed by atoms with Crippen LogP contribution in [0.25, 0.3) is 0 Å². The summed E-state index contributed by atoms with van der Waals surface area (Å²) < 4.78 is 27.3. The van der Waals surface area contributed by atoms with E-state index in [0.29, 0.717) is 13.0 Å². The topological polar surface area (TPSA) is 75.3 Å². The molecule has 0 aromatic heterocycles. The van der Waals surface area contributed by atoms with Crippen LogP contribution in [-0.2, 0) is 21.2 Å². The van der Waals surface area contributed by atoms with Crippen LogP contribution in [0.2, 0.25) is 0 Å². The summed E-state index contributed by atoms with van der Waals surface area (Å²) in [6.45, 7) is 0.192. The van der Waals surface area contributed by atoms with Gasteiger partial charge >= 0.3 is 0 Å². The largest absolute Gasteiger partial charge is 0.355 e. The molecule has 122 valence electrons. The third-order valence-electron chi connectivity index (χ3n) is 3.13. The predicted octanol–water partition coefficient (Wildman–Crippen LogP) is 1.93. The summed E-state index contributed by atoms with van der Waals surface area (Å²) in [5, 5.41) is 2.70. The number of nitrogens with one attached hydrogen (secondary N) is 2. The van der Waals surface area contributed by atoms with Gasteiger partial charge in [0.2, 0.25) is 15.9 Å². The Kier molecular flexibility index (Phi) is 6.55. The Balaban J connectivity index is 1.78. The fraction of sp³-hybridized carbons (Fsp3) is 0.188. The third kappa shape index (κ3) is 5.92. The van der Waals surface area contributed by atoms with Crippen molar-refractivity contribution >= 4 is 38.5 Å². The second-order valence-electron chi connectivity index (χ2n) is 4.86. The Hall–Kier alpha value is -1.45. The second-order valence-corrected chi connectivity index (χ2v) is 7.88. The van der Waals surface area contributed by atoms with Gasteiger partial charge in [0.05, 0.1) is 11.4 Å². The molecule has 0 saturated heterocycles. The lowest BCUT2D eigenvalue weighted by atomic mass is 10.1. The smallest absolute Gasteiger partial charge is 0.241 e. The maximum Gasteiger partial charge on any atom is 0.241 e. The van der Waals surface area contributed by atoms with E-state index in [-0.39, 0.29) is 17.3 Å². The van der Waals surface area contributed by atoms with Crippen LogP contribution in [0.5, 0.6) is 0 Å². The predicted molar refractivity (Wildman–Crippen MR) is 97.5 cm³/mol. The summed E-state index contributed by atoms with van der Waals surface area (Å²) in [6, 6.07) is 16.2. The highest BCUT2D eigenvalue weighted by molar-refractivity contribution is 14.1. The molecule has 23 heavy (non-hydrogen) atoms. The SMILES string of the molecule is O=C(CNS(=O)(=O)c1ccc(I)cc1)NCCc1ccccc1. The van der Waals surface area contributed by atoms with Gasteiger partial charge in [-0.1, -0.05) is 30.3 Å². The number of amides is 1. The van der Waals surface area contributed by atoms with Gasteiger partial charge in [-0.2, -0.15) is 0 Å². The first-order valence-corrected chi connectivity index (χ1v) is 9.59. The highest BCUT2D eigenvalue weighted by Gasteiger charge is 2.14. The van der Waals surface area contributed by atoms with E-state index in [2.05, 4.69) is 32.6 Å². The molecule has 0 aliphatic rings. The first-order valence-electron chi connectivity index (χ1n) is 7.03. The van der Waals surface area contributed by atoms with Crippen molar-refractivity contribution < 1.29 is 13.2 Å². The molecule has 0 aliphatic carbocycles. The number of carbonyl (C=O) groups excluding carboxylic acids is 1. The number of rotatable bonds is 7. The molecule has 1 amide bonds. The number of halogens is 1. The van der Waals surface area contributed by atoms with Crippen LogP contribution in [0.15, 0.2) is 59.5 Å². The molecule has 0 heterocycles. The van der Waals surface area contributed by atoms with Crippen LogP contribution >= 0.6 is 22.6 Å². The molecule has 0 atom stereocenters. The van der Waals surface area contributed by atoms with E-state index in [1.165, 1.54) is 12.1 Å². The normalized spacial score (nSPS) is 11.2. The van der Waals surface area contributed by atoms with Crippen molar-refractivity contribution in [3.05, 3.63) is 63.7 Å². The lowest BCUT2D eigenvalue weighted by molar-refractivity contribution is -0.119. The van der Waals surface area contributed by atoms with Crippen molar-refractivity contribution in [1.29, 1.82) is 0 Å². The molecule has 0 saturated carbocycles. The molecule has 0 fully saturated rings. The highest BCUT2D eigenvalue weighted by atomic mass is 127. The number of sulfonamides is 1. The highest BCUT2D eigenvalue weighted by Crippen LogP contribution is 2.11. The molecule has 2 aromatic carbocycles. The Bertz CT molecular complexity index is 747. The van der Waals surface area contributed by atoms with Crippen LogP contribution < -0.4 is 10.0 Å². The molecule has 2 N–H and O–H groups in total. The van der Waals surface area contributed by atoms with Gasteiger partial charge in [0, 0.05) is 10.1 Å². The molecule has 0 radical (unpaired) electrons. The van der Waals surface area contributed by atoms with Gasteiger partial charge in [-0.3, -0.25) is 4.79 Å². The molecule has 0 bridgehead atoms. The minimum atomic E-state index is -3.66. The van der Waals surface area contributed by atoms with Gasteiger partial charge < -0.3 is 5.32 Å². The number of benzene rings is 2. The quantitative estimate of drug-likeness (QED) is 0.641. The van der Waals surface area contributed by atoms with E-state index in [1.54, 1.807) is 12.1 Å². The summed E-state index contributed by atoms with van der Waals surface area (Å²) in [7, 11) is -3.66. The van der Waals surface area contributed by atoms with Crippen LogP contribution in [0, 0.1) is 3.57 Å². The zero-order valence-electron chi connectivity index (χ0n) is 12.3. The van der Waals surface area contributed by atoms with E-state index in [1.807, 2.05) is 30.3 Å². The summed E-state index contributed by atoms with van der Waals surface area (Å²) >= 11 is 2.10. The monoisotopic (exact) mass is 444 g/mol. The lowest BCUT2D eigenvalue weighted by Crippen LogP contribution is -2.37. The summed E-state index contributed by atoms with van der Waals surface area (Å²) in [4.78, 5) is 11.9. The average Bonchev–Trinajstić information content (AvgIpc) is 2.54. The van der Waals surface area contributed by atoms with E-state index in [9.17, 15) is 13.2 Å². The number of hydrogen-bond acceptors (Lipinski definition) is 3. The van der Waals surface area contributed by atoms with E-state index in [0.717, 1.165) is 9.13 Å². The first-order chi connectivity index (χ1) is 11.0. The van der Waals surface area contributed by atoms with Gasteiger partial charge in [-0.15, -0.1) is 0 Å². The van der Waals surface area contributed by atoms with Crippen LogP contribution in [0.1, 0.15) is 5.56 Å². The lowest BCUT2D eigenvalue weighted by Gasteiger charge is -2.08. The van der Waals surface area contributed by atoms with Gasteiger partial charge in [-0.05, 0) is 58.8 Å². The average molecular weight is 444 g/mol. The van der Waals surface area contributed by atoms with Crippen LogP contribution in [-0.4, -0.2) is 27.4 Å². The Labute approximate surface area is 149 Å². The maximum atomic E-state index is 12.0. The maximum absolute atomic E-state index is 12.0. The third-order valence-corrected chi connectivity index (χ3v) is 5.26. The first kappa shape index (κ1) is 17.9. The zero-order valence-corrected chi connectivity index (χ0v) is 15.3. The molecule has 2 aromatic rings. The summed E-state index contributed by atoms with van der Waals surface area (Å²) in [5.41, 5.74) is 1.12. The van der Waals surface area contributed by atoms with E-state index in [4.69, 9.17) is 0 Å². The van der Waals surface area contributed by atoms with Gasteiger partial charge in [0.1, 0.15) is 0 Å². The van der Waals surface area contributed by atoms with Gasteiger partial charge in [-0.25, -0.2) is 13.1 Å². The summed E-state index contributed by atoms with van der Waals surface area (Å²) in [5.74, 6) is -0.352. The van der Waals surface area contributed by atoms with Gasteiger partial charge in [0.15, 0.2) is 0 Å². The van der Waals surface area contributed by atoms with Crippen molar-refractivity contribution in [1.82, 2.24) is 10.0 Å². The number of carbonyl (C=O) groups is 1. The molecular formula is C16H17IN2O3S. The fourth-order valence-corrected chi connectivity index (χ4v) is 3.25. The van der Waals surface area contributed by atoms with Crippen LogP contribution in [0.3, 0.4) is 0 Å². The molecule has 0 aliphatic heterocycles. The molecule has 7 heteroatoms. The number of hydrogen-bond donors (Lipinski definition) is 2. The summed E-state index contributed by atoms with van der Waals surface area (Å²) in [6.07, 6.45) is 0.705. The minimum absolute atomic E-state index is 0.148. The van der Waals surface area contributed by atoms with Crippen molar-refractivity contribution in [2.75, 3.05) is 13.1 Å². The fourth-order valence-electron chi connectivity index (χ4n) is 1.91. The Morgan fingerprint density at radius 2 is 1.65 bits per heavy atom. The van der Waals surface area contributed by atoms with Gasteiger partial charge in [0.25, 0.3) is 0 Å². The molecular weight excluding hydrogens is 427 g/mol.